The Bertz CT molecular complexity index is 1010. The molecule has 0 radical (unpaired) electrons. The highest BCUT2D eigenvalue weighted by Gasteiger charge is 2.19. The molecule has 7 nitrogen and oxygen atoms in total. The predicted molar refractivity (Wildman–Crippen MR) is 104 cm³/mol. The molecule has 0 aliphatic rings. The number of rotatable bonds is 6. The number of nitrogens with one attached hydrogen (secondary N) is 2. The lowest BCUT2D eigenvalue weighted by Crippen LogP contribution is -2.34. The van der Waals surface area contributed by atoms with Crippen LogP contribution in [0.3, 0.4) is 0 Å². The van der Waals surface area contributed by atoms with Gasteiger partial charge in [-0.15, -0.1) is 0 Å². The van der Waals surface area contributed by atoms with Gasteiger partial charge in [0.2, 0.25) is 5.91 Å². The van der Waals surface area contributed by atoms with Crippen molar-refractivity contribution in [1.29, 1.82) is 0 Å². The number of aromatic nitrogens is 3. The molecule has 0 aliphatic heterocycles. The van der Waals surface area contributed by atoms with E-state index in [1.54, 1.807) is 10.7 Å². The number of carbonyl (C=O) groups is 2. The largest absolute Gasteiger partial charge is 0.351 e. The summed E-state index contributed by atoms with van der Waals surface area (Å²) in [7, 11) is 1.81. The summed E-state index contributed by atoms with van der Waals surface area (Å²) in [6, 6.07) is 11.5. The molecule has 3 aromatic rings. The van der Waals surface area contributed by atoms with E-state index in [9.17, 15) is 9.59 Å². The summed E-state index contributed by atoms with van der Waals surface area (Å²) in [4.78, 5) is 28.7. The molecule has 7 heteroatoms. The topological polar surface area (TPSA) is 88.9 Å². The van der Waals surface area contributed by atoms with Crippen molar-refractivity contribution in [1.82, 2.24) is 25.4 Å². The summed E-state index contributed by atoms with van der Waals surface area (Å²) < 4.78 is 1.68. The number of carbonyl (C=O) groups excluding carboxylic acids is 2. The van der Waals surface area contributed by atoms with E-state index in [0.29, 0.717) is 30.0 Å². The van der Waals surface area contributed by atoms with Crippen molar-refractivity contribution in [3.8, 4) is 11.3 Å². The van der Waals surface area contributed by atoms with Crippen LogP contribution < -0.4 is 10.6 Å². The molecule has 1 aromatic carbocycles. The van der Waals surface area contributed by atoms with E-state index >= 15 is 0 Å². The van der Waals surface area contributed by atoms with Gasteiger partial charge < -0.3 is 10.6 Å². The number of hydrogen-bond acceptors (Lipinski definition) is 4. The molecule has 0 aliphatic carbocycles. The summed E-state index contributed by atoms with van der Waals surface area (Å²) in [5, 5.41) is 10.6. The van der Waals surface area contributed by atoms with Crippen LogP contribution in [-0.4, -0.2) is 39.7 Å². The number of amides is 2. The first-order valence-corrected chi connectivity index (χ1v) is 8.59. The van der Waals surface area contributed by atoms with Crippen LogP contribution in [0, 0.1) is 6.92 Å². The third kappa shape index (κ3) is 3.87. The Morgan fingerprint density at radius 1 is 1.19 bits per heavy atom. The molecule has 2 N–H and O–H groups in total. The van der Waals surface area contributed by atoms with Crippen molar-refractivity contribution in [2.75, 3.05) is 13.1 Å². The lowest BCUT2D eigenvalue weighted by atomic mass is 10.0. The van der Waals surface area contributed by atoms with Crippen LogP contribution in [0.15, 0.2) is 49.1 Å². The van der Waals surface area contributed by atoms with Crippen LogP contribution in [0.1, 0.15) is 16.1 Å². The molecule has 2 amide bonds. The van der Waals surface area contributed by atoms with E-state index in [1.165, 1.54) is 6.08 Å². The van der Waals surface area contributed by atoms with Gasteiger partial charge >= 0.3 is 0 Å². The average Bonchev–Trinajstić information content (AvgIpc) is 2.98. The molecule has 0 unspecified atom stereocenters. The zero-order chi connectivity index (χ0) is 19.4. The first-order chi connectivity index (χ1) is 13.0. The molecule has 0 spiro atoms. The van der Waals surface area contributed by atoms with Crippen LogP contribution >= 0.6 is 0 Å². The molecular formula is C20H21N5O2. The fourth-order valence-corrected chi connectivity index (χ4v) is 2.91. The standard InChI is InChI=1S/C20H21N5O2/c1-4-17(26)21-10-11-22-20(27)15-12-16(14-8-6-5-7-9-14)23-19-18(15)13(2)24-25(19)3/h4-9,12H,1,10-11H2,2-3H3,(H,21,26)(H,22,27). The molecule has 2 heterocycles. The fraction of sp³-hybridized carbons (Fsp3) is 0.200. The maximum Gasteiger partial charge on any atom is 0.252 e. The van der Waals surface area contributed by atoms with Crippen LogP contribution in [0.4, 0.5) is 0 Å². The highest BCUT2D eigenvalue weighted by Crippen LogP contribution is 2.26. The Kier molecular flexibility index (Phi) is 5.30. The van der Waals surface area contributed by atoms with Gasteiger partial charge in [0.25, 0.3) is 5.91 Å². The highest BCUT2D eigenvalue weighted by molar-refractivity contribution is 6.07. The molecule has 0 saturated heterocycles. The predicted octanol–water partition coefficient (Wildman–Crippen LogP) is 1.98. The van der Waals surface area contributed by atoms with E-state index in [2.05, 4.69) is 22.3 Å². The molecule has 0 bridgehead atoms. The lowest BCUT2D eigenvalue weighted by molar-refractivity contribution is -0.116. The SMILES string of the molecule is C=CC(=O)NCCNC(=O)c1cc(-c2ccccc2)nc2c1c(C)nn2C. The molecule has 0 saturated carbocycles. The van der Waals surface area contributed by atoms with Crippen LogP contribution in [0.5, 0.6) is 0 Å². The summed E-state index contributed by atoms with van der Waals surface area (Å²) in [5.74, 6) is -0.506. The molecule has 2 aromatic heterocycles. The fourth-order valence-electron chi connectivity index (χ4n) is 2.91. The van der Waals surface area contributed by atoms with Crippen molar-refractivity contribution in [3.05, 3.63) is 60.3 Å². The van der Waals surface area contributed by atoms with Gasteiger partial charge in [0.1, 0.15) is 0 Å². The van der Waals surface area contributed by atoms with Crippen molar-refractivity contribution < 1.29 is 9.59 Å². The van der Waals surface area contributed by atoms with E-state index in [1.807, 2.05) is 44.3 Å². The molecule has 3 rings (SSSR count). The Morgan fingerprint density at radius 3 is 2.59 bits per heavy atom. The number of benzene rings is 1. The third-order valence-electron chi connectivity index (χ3n) is 4.18. The van der Waals surface area contributed by atoms with Crippen LogP contribution in [-0.2, 0) is 11.8 Å². The number of hydrogen-bond donors (Lipinski definition) is 2. The van der Waals surface area contributed by atoms with Crippen molar-refractivity contribution in [2.45, 2.75) is 6.92 Å². The smallest absolute Gasteiger partial charge is 0.252 e. The molecule has 0 atom stereocenters. The number of fused-ring (bicyclic) bond motifs is 1. The second-order valence-corrected chi connectivity index (χ2v) is 6.08. The Balaban J connectivity index is 1.94. The third-order valence-corrected chi connectivity index (χ3v) is 4.18. The Morgan fingerprint density at radius 2 is 1.89 bits per heavy atom. The van der Waals surface area contributed by atoms with Crippen molar-refractivity contribution >= 4 is 22.8 Å². The molecule has 27 heavy (non-hydrogen) atoms. The van der Waals surface area contributed by atoms with Crippen LogP contribution in [0.2, 0.25) is 0 Å². The van der Waals surface area contributed by atoms with E-state index in [0.717, 1.165) is 16.6 Å². The maximum atomic E-state index is 12.8. The van der Waals surface area contributed by atoms with Gasteiger partial charge in [0, 0.05) is 25.7 Å². The lowest BCUT2D eigenvalue weighted by Gasteiger charge is -2.10. The van der Waals surface area contributed by atoms with Gasteiger partial charge in [0.05, 0.1) is 22.3 Å². The number of nitrogens with zero attached hydrogens (tertiary/aromatic N) is 3. The normalized spacial score (nSPS) is 10.6. The summed E-state index contributed by atoms with van der Waals surface area (Å²) >= 11 is 0. The van der Waals surface area contributed by atoms with Gasteiger partial charge in [-0.25, -0.2) is 4.98 Å². The second-order valence-electron chi connectivity index (χ2n) is 6.08. The zero-order valence-corrected chi connectivity index (χ0v) is 15.3. The van der Waals surface area contributed by atoms with Crippen LogP contribution in [0.25, 0.3) is 22.3 Å². The Labute approximate surface area is 157 Å². The first-order valence-electron chi connectivity index (χ1n) is 8.59. The number of aryl methyl sites for hydroxylation is 2. The highest BCUT2D eigenvalue weighted by atomic mass is 16.2. The Hall–Kier alpha value is -3.48. The quantitative estimate of drug-likeness (QED) is 0.518. The molecular weight excluding hydrogens is 342 g/mol. The monoisotopic (exact) mass is 363 g/mol. The van der Waals surface area contributed by atoms with Crippen molar-refractivity contribution in [3.63, 3.8) is 0 Å². The maximum absolute atomic E-state index is 12.8. The van der Waals surface area contributed by atoms with Gasteiger partial charge in [-0.1, -0.05) is 36.9 Å². The van der Waals surface area contributed by atoms with Gasteiger partial charge in [-0.2, -0.15) is 5.10 Å². The van der Waals surface area contributed by atoms with Gasteiger partial charge in [-0.05, 0) is 19.1 Å². The van der Waals surface area contributed by atoms with Crippen molar-refractivity contribution in [2.24, 2.45) is 7.05 Å². The first kappa shape index (κ1) is 18.3. The molecule has 138 valence electrons. The second kappa shape index (κ2) is 7.82. The van der Waals surface area contributed by atoms with Gasteiger partial charge in [0.15, 0.2) is 5.65 Å². The average molecular weight is 363 g/mol. The number of pyridine rings is 1. The van der Waals surface area contributed by atoms with E-state index < -0.39 is 0 Å². The molecule has 0 fully saturated rings. The van der Waals surface area contributed by atoms with E-state index in [4.69, 9.17) is 4.98 Å². The minimum atomic E-state index is -0.273. The van der Waals surface area contributed by atoms with Gasteiger partial charge in [-0.3, -0.25) is 14.3 Å². The van der Waals surface area contributed by atoms with E-state index in [-0.39, 0.29) is 11.8 Å². The minimum Gasteiger partial charge on any atom is -0.351 e. The minimum absolute atomic E-state index is 0.233. The zero-order valence-electron chi connectivity index (χ0n) is 15.3. The summed E-state index contributed by atoms with van der Waals surface area (Å²) in [6.45, 7) is 5.88. The summed E-state index contributed by atoms with van der Waals surface area (Å²) in [5.41, 5.74) is 3.53. The summed E-state index contributed by atoms with van der Waals surface area (Å²) in [6.07, 6.45) is 1.19.